The average molecular weight is 226 g/mol. The lowest BCUT2D eigenvalue weighted by molar-refractivity contribution is 0.220. The number of carbonyl (C=O) groups excluding carboxylic acids is 1. The molecule has 82 valence electrons. The molecule has 5 heteroatoms. The molecule has 0 bridgehead atoms. The number of nitrogens with zero attached hydrogens (tertiary/aromatic N) is 1. The van der Waals surface area contributed by atoms with Crippen molar-refractivity contribution in [3.8, 4) is 0 Å². The van der Waals surface area contributed by atoms with Gasteiger partial charge in [-0.25, -0.2) is 4.79 Å². The number of aryl methyl sites for hydroxylation is 1. The second-order valence-corrected chi connectivity index (χ2v) is 4.07. The summed E-state index contributed by atoms with van der Waals surface area (Å²) in [5, 5.41) is 2.88. The maximum atomic E-state index is 11.5. The van der Waals surface area contributed by atoms with Gasteiger partial charge >= 0.3 is 6.03 Å². The minimum atomic E-state index is -0.0388. The highest BCUT2D eigenvalue weighted by molar-refractivity contribution is 7.80. The third kappa shape index (κ3) is 2.12. The summed E-state index contributed by atoms with van der Waals surface area (Å²) in [5.74, 6) is 2.37. The zero-order valence-electron chi connectivity index (χ0n) is 8.56. The lowest BCUT2D eigenvalue weighted by Crippen LogP contribution is -2.29. The molecule has 1 aromatic heterocycles. The molecule has 0 saturated carbocycles. The SMILES string of the molecule is Cc1ccc(C2CN(CCS)C(=O)N2)o1. The third-order valence-electron chi connectivity index (χ3n) is 2.46. The molecule has 0 radical (unpaired) electrons. The van der Waals surface area contributed by atoms with Crippen molar-refractivity contribution in [2.45, 2.75) is 13.0 Å². The van der Waals surface area contributed by atoms with Gasteiger partial charge < -0.3 is 14.6 Å². The normalized spacial score (nSPS) is 20.8. The topological polar surface area (TPSA) is 45.5 Å². The van der Waals surface area contributed by atoms with Crippen LogP contribution in [0.15, 0.2) is 16.5 Å². The summed E-state index contributed by atoms with van der Waals surface area (Å²) in [6.45, 7) is 3.23. The molecule has 0 spiro atoms. The first-order chi connectivity index (χ1) is 7.20. The molecule has 1 N–H and O–H groups in total. The van der Waals surface area contributed by atoms with Crippen LogP contribution in [0.25, 0.3) is 0 Å². The van der Waals surface area contributed by atoms with Gasteiger partial charge in [0.05, 0.1) is 0 Å². The highest BCUT2D eigenvalue weighted by atomic mass is 32.1. The smallest absolute Gasteiger partial charge is 0.318 e. The van der Waals surface area contributed by atoms with Crippen molar-refractivity contribution >= 4 is 18.7 Å². The highest BCUT2D eigenvalue weighted by Gasteiger charge is 2.30. The molecule has 4 nitrogen and oxygen atoms in total. The van der Waals surface area contributed by atoms with Gasteiger partial charge in [0.25, 0.3) is 0 Å². The zero-order chi connectivity index (χ0) is 10.8. The number of nitrogens with one attached hydrogen (secondary N) is 1. The summed E-state index contributed by atoms with van der Waals surface area (Å²) in [7, 11) is 0. The largest absolute Gasteiger partial charge is 0.464 e. The van der Waals surface area contributed by atoms with Crippen LogP contribution in [-0.2, 0) is 0 Å². The Bertz CT molecular complexity index is 364. The van der Waals surface area contributed by atoms with Crippen LogP contribution in [0.3, 0.4) is 0 Å². The van der Waals surface area contributed by atoms with E-state index in [1.54, 1.807) is 4.90 Å². The van der Waals surface area contributed by atoms with Gasteiger partial charge in [0.1, 0.15) is 17.6 Å². The van der Waals surface area contributed by atoms with Crippen molar-refractivity contribution in [3.63, 3.8) is 0 Å². The lowest BCUT2D eigenvalue weighted by atomic mass is 10.2. The molecule has 2 heterocycles. The minimum Gasteiger partial charge on any atom is -0.464 e. The number of hydrogen-bond acceptors (Lipinski definition) is 3. The van der Waals surface area contributed by atoms with E-state index in [1.807, 2.05) is 19.1 Å². The maximum Gasteiger partial charge on any atom is 0.318 e. The predicted molar refractivity (Wildman–Crippen MR) is 60.1 cm³/mol. The van der Waals surface area contributed by atoms with Gasteiger partial charge in [-0.1, -0.05) is 0 Å². The fourth-order valence-electron chi connectivity index (χ4n) is 1.70. The molecule has 2 amide bonds. The molecule has 15 heavy (non-hydrogen) atoms. The van der Waals surface area contributed by atoms with E-state index in [1.165, 1.54) is 0 Å². The molecule has 1 fully saturated rings. The fourth-order valence-corrected chi connectivity index (χ4v) is 1.95. The van der Waals surface area contributed by atoms with Gasteiger partial charge in [-0.15, -0.1) is 0 Å². The molecule has 2 rings (SSSR count). The predicted octanol–water partition coefficient (Wildman–Crippen LogP) is 1.58. The van der Waals surface area contributed by atoms with Crippen molar-refractivity contribution in [3.05, 3.63) is 23.7 Å². The van der Waals surface area contributed by atoms with Crippen LogP contribution in [0, 0.1) is 6.92 Å². The van der Waals surface area contributed by atoms with Gasteiger partial charge in [-0.2, -0.15) is 12.6 Å². The second-order valence-electron chi connectivity index (χ2n) is 3.62. The first-order valence-electron chi connectivity index (χ1n) is 4.93. The monoisotopic (exact) mass is 226 g/mol. The van der Waals surface area contributed by atoms with Gasteiger partial charge in [0.15, 0.2) is 0 Å². The van der Waals surface area contributed by atoms with Crippen LogP contribution in [0.4, 0.5) is 4.79 Å². The minimum absolute atomic E-state index is 0.0221. The van der Waals surface area contributed by atoms with Crippen molar-refractivity contribution in [1.82, 2.24) is 10.2 Å². The lowest BCUT2D eigenvalue weighted by Gasteiger charge is -2.11. The van der Waals surface area contributed by atoms with Crippen LogP contribution in [0.1, 0.15) is 17.6 Å². The fraction of sp³-hybridized carbons (Fsp3) is 0.500. The van der Waals surface area contributed by atoms with Crippen molar-refractivity contribution < 1.29 is 9.21 Å². The van der Waals surface area contributed by atoms with Gasteiger partial charge in [-0.3, -0.25) is 0 Å². The molecule has 1 saturated heterocycles. The van der Waals surface area contributed by atoms with Gasteiger partial charge in [0, 0.05) is 18.8 Å². The molecule has 1 aliphatic rings. The Kier molecular flexibility index (Phi) is 2.90. The molecule has 0 aromatic carbocycles. The zero-order valence-corrected chi connectivity index (χ0v) is 9.46. The Morgan fingerprint density at radius 1 is 1.67 bits per heavy atom. The van der Waals surface area contributed by atoms with Crippen LogP contribution in [-0.4, -0.2) is 29.8 Å². The molecular weight excluding hydrogens is 212 g/mol. The quantitative estimate of drug-likeness (QED) is 0.769. The van der Waals surface area contributed by atoms with Crippen LogP contribution in [0.2, 0.25) is 0 Å². The maximum absolute atomic E-state index is 11.5. The van der Waals surface area contributed by atoms with Crippen LogP contribution >= 0.6 is 12.6 Å². The number of rotatable bonds is 3. The van der Waals surface area contributed by atoms with E-state index in [9.17, 15) is 4.79 Å². The van der Waals surface area contributed by atoms with E-state index in [0.29, 0.717) is 18.8 Å². The number of amides is 2. The van der Waals surface area contributed by atoms with E-state index in [4.69, 9.17) is 4.42 Å². The molecule has 1 atom stereocenters. The summed E-state index contributed by atoms with van der Waals surface area (Å²) in [4.78, 5) is 13.2. The third-order valence-corrected chi connectivity index (χ3v) is 2.66. The standard InChI is InChI=1S/C10H14N2O2S/c1-7-2-3-9(14-7)8-6-12(4-5-15)10(13)11-8/h2-3,8,15H,4-6H2,1H3,(H,11,13). The second kappa shape index (κ2) is 4.18. The first kappa shape index (κ1) is 10.4. The Morgan fingerprint density at radius 3 is 3.07 bits per heavy atom. The van der Waals surface area contributed by atoms with E-state index < -0.39 is 0 Å². The van der Waals surface area contributed by atoms with E-state index in [0.717, 1.165) is 11.5 Å². The summed E-state index contributed by atoms with van der Waals surface area (Å²) in [5.41, 5.74) is 0. The summed E-state index contributed by atoms with van der Waals surface area (Å²) < 4.78 is 5.48. The highest BCUT2D eigenvalue weighted by Crippen LogP contribution is 2.21. The van der Waals surface area contributed by atoms with Crippen molar-refractivity contribution in [1.29, 1.82) is 0 Å². The average Bonchev–Trinajstić information content (AvgIpc) is 2.75. The number of furan rings is 1. The van der Waals surface area contributed by atoms with Gasteiger partial charge in [-0.05, 0) is 19.1 Å². The Labute approximate surface area is 94.0 Å². The van der Waals surface area contributed by atoms with E-state index in [2.05, 4.69) is 17.9 Å². The molecular formula is C10H14N2O2S. The van der Waals surface area contributed by atoms with Crippen LogP contribution in [0.5, 0.6) is 0 Å². The molecule has 1 aliphatic heterocycles. The summed E-state index contributed by atoms with van der Waals surface area (Å²) >= 11 is 4.11. The molecule has 1 unspecified atom stereocenters. The van der Waals surface area contributed by atoms with E-state index >= 15 is 0 Å². The number of carbonyl (C=O) groups is 1. The van der Waals surface area contributed by atoms with E-state index in [-0.39, 0.29) is 12.1 Å². The Morgan fingerprint density at radius 2 is 2.47 bits per heavy atom. The van der Waals surface area contributed by atoms with Gasteiger partial charge in [0.2, 0.25) is 0 Å². The Hall–Kier alpha value is -1.10. The first-order valence-corrected chi connectivity index (χ1v) is 5.56. The number of thiol groups is 1. The van der Waals surface area contributed by atoms with Crippen LogP contribution < -0.4 is 5.32 Å². The molecule has 0 aliphatic carbocycles. The van der Waals surface area contributed by atoms with Crippen molar-refractivity contribution in [2.24, 2.45) is 0 Å². The summed E-state index contributed by atoms with van der Waals surface area (Å²) in [6, 6.07) is 3.75. The molecule has 1 aromatic rings. The number of hydrogen-bond donors (Lipinski definition) is 2. The number of urea groups is 1. The summed E-state index contributed by atoms with van der Waals surface area (Å²) in [6.07, 6.45) is 0. The van der Waals surface area contributed by atoms with Crippen molar-refractivity contribution in [2.75, 3.05) is 18.8 Å². The Balaban J connectivity index is 2.05.